The summed E-state index contributed by atoms with van der Waals surface area (Å²) in [5.41, 5.74) is 3.65. The van der Waals surface area contributed by atoms with Gasteiger partial charge >= 0.3 is 0 Å². The highest BCUT2D eigenvalue weighted by molar-refractivity contribution is 6.50. The van der Waals surface area contributed by atoms with Gasteiger partial charge in [0.05, 0.1) is 5.92 Å². The first-order valence-corrected chi connectivity index (χ1v) is 17.0. The summed E-state index contributed by atoms with van der Waals surface area (Å²) in [6, 6.07) is 0. The van der Waals surface area contributed by atoms with Crippen LogP contribution >= 0.6 is 0 Å². The Bertz CT molecular complexity index is 792. The molecular weight excluding hydrogens is 432 g/mol. The lowest BCUT2D eigenvalue weighted by atomic mass is 9.44. The van der Waals surface area contributed by atoms with E-state index in [-0.39, 0.29) is 28.1 Å². The molecule has 3 aliphatic rings. The fraction of sp³-hybridized carbons (Fsp3) is 0.839. The van der Waals surface area contributed by atoms with Gasteiger partial charge in [0.25, 0.3) is 5.97 Å². The van der Waals surface area contributed by atoms with Crippen molar-refractivity contribution in [1.29, 1.82) is 0 Å². The predicted octanol–water partition coefficient (Wildman–Crippen LogP) is 8.87. The number of hydrogen-bond donors (Lipinski definition) is 0. The average Bonchev–Trinajstić information content (AvgIpc) is 3.06. The van der Waals surface area contributed by atoms with E-state index in [0.29, 0.717) is 5.41 Å². The van der Waals surface area contributed by atoms with Gasteiger partial charge < -0.3 is 4.43 Å². The molecule has 34 heavy (non-hydrogen) atoms. The Balaban J connectivity index is 1.96. The number of fused-ring (bicyclic) bond motifs is 1. The first kappa shape index (κ1) is 27.7. The summed E-state index contributed by atoms with van der Waals surface area (Å²) in [6.45, 7) is 23.3. The van der Waals surface area contributed by atoms with E-state index in [2.05, 4.69) is 80.6 Å². The summed E-state index contributed by atoms with van der Waals surface area (Å²) in [6.07, 6.45) is 16.1. The quantitative estimate of drug-likeness (QED) is 0.371. The van der Waals surface area contributed by atoms with Crippen molar-refractivity contribution in [2.75, 3.05) is 0 Å². The van der Waals surface area contributed by atoms with Crippen molar-refractivity contribution >= 4 is 15.0 Å². The van der Waals surface area contributed by atoms with Crippen molar-refractivity contribution < 1.29 is 9.22 Å². The molecule has 3 fully saturated rings. The lowest BCUT2D eigenvalue weighted by Crippen LogP contribution is -2.56. The van der Waals surface area contributed by atoms with Gasteiger partial charge in [-0.15, -0.1) is 0 Å². The van der Waals surface area contributed by atoms with Gasteiger partial charge in [-0.2, -0.15) is 0 Å². The Morgan fingerprint density at radius 2 is 1.68 bits per heavy atom. The minimum Gasteiger partial charge on any atom is -0.522 e. The molecule has 3 rings (SSSR count). The van der Waals surface area contributed by atoms with Crippen LogP contribution < -0.4 is 0 Å². The van der Waals surface area contributed by atoms with E-state index >= 15 is 0 Å². The lowest BCUT2D eigenvalue weighted by molar-refractivity contribution is -0.163. The van der Waals surface area contributed by atoms with E-state index in [1.165, 1.54) is 38.5 Å². The van der Waals surface area contributed by atoms with Gasteiger partial charge in [0, 0.05) is 0 Å². The van der Waals surface area contributed by atoms with Crippen LogP contribution in [-0.2, 0) is 9.22 Å². The van der Waals surface area contributed by atoms with Gasteiger partial charge in [-0.1, -0.05) is 85.1 Å². The average molecular weight is 487 g/mol. The molecular formula is C31H54O2Si. The maximum atomic E-state index is 13.4. The summed E-state index contributed by atoms with van der Waals surface area (Å²) < 4.78 is 5.97. The number of carbonyl (C=O) groups is 1. The number of allylic oxidation sites excluding steroid dienone is 4. The maximum absolute atomic E-state index is 13.4. The summed E-state index contributed by atoms with van der Waals surface area (Å²) in [5.74, 6) is 1.73. The molecule has 0 heterocycles. The van der Waals surface area contributed by atoms with E-state index in [9.17, 15) is 4.79 Å². The molecule has 1 unspecified atom stereocenters. The Morgan fingerprint density at radius 3 is 2.24 bits per heavy atom. The summed E-state index contributed by atoms with van der Waals surface area (Å²) in [7, 11) is -1.41. The van der Waals surface area contributed by atoms with E-state index in [0.717, 1.165) is 31.1 Å². The molecule has 3 aliphatic carbocycles. The van der Waals surface area contributed by atoms with Crippen molar-refractivity contribution in [1.82, 2.24) is 0 Å². The van der Waals surface area contributed by atoms with E-state index in [4.69, 9.17) is 4.43 Å². The Kier molecular flexibility index (Phi) is 8.08. The third-order valence-corrected chi connectivity index (χ3v) is 11.1. The van der Waals surface area contributed by atoms with Crippen LogP contribution in [0.15, 0.2) is 23.3 Å². The molecule has 0 saturated heterocycles. The standard InChI is InChI=1S/C31H54O2Si/c1-11-24-17-19-25-23(13-12-20-30(24,25)8)16-14-22-15-18-26(27(32)33-34(9)10)31(21-22,28(2,3)4)29(5,6)7/h14,16,24-26,34H,11-13,15,17-21H2,1-10H3/b22-14-,23-16+/t24-,25-,26?,30+/m0/s1. The summed E-state index contributed by atoms with van der Waals surface area (Å²) in [5, 5.41) is 0. The minimum absolute atomic E-state index is 0.00331. The molecule has 194 valence electrons. The van der Waals surface area contributed by atoms with Crippen LogP contribution in [0.3, 0.4) is 0 Å². The Morgan fingerprint density at radius 1 is 1.03 bits per heavy atom. The highest BCUT2D eigenvalue weighted by atomic mass is 28.3. The molecule has 0 spiro atoms. The molecule has 0 radical (unpaired) electrons. The van der Waals surface area contributed by atoms with E-state index < -0.39 is 9.04 Å². The van der Waals surface area contributed by atoms with Crippen LogP contribution in [0.4, 0.5) is 0 Å². The van der Waals surface area contributed by atoms with Crippen LogP contribution in [0.1, 0.15) is 113 Å². The van der Waals surface area contributed by atoms with Crippen LogP contribution in [0, 0.1) is 39.4 Å². The van der Waals surface area contributed by atoms with Crippen molar-refractivity contribution in [2.45, 2.75) is 126 Å². The second-order valence-electron chi connectivity index (χ2n) is 14.4. The molecule has 3 heteroatoms. The largest absolute Gasteiger partial charge is 0.522 e. The molecule has 2 nitrogen and oxygen atoms in total. The molecule has 0 N–H and O–H groups in total. The third-order valence-electron chi connectivity index (χ3n) is 10.4. The molecule has 0 amide bonds. The second kappa shape index (κ2) is 9.90. The zero-order valence-corrected chi connectivity index (χ0v) is 25.3. The van der Waals surface area contributed by atoms with Crippen LogP contribution in [-0.4, -0.2) is 15.0 Å². The zero-order chi connectivity index (χ0) is 25.5. The number of carbonyl (C=O) groups excluding carboxylic acids is 1. The monoisotopic (exact) mass is 486 g/mol. The SMILES string of the molecule is CC[C@H]1CC[C@H]2/C(=C/C=C3/CCC(C(=O)O[SiH](C)C)C(C(C)(C)C)(C(C)(C)C)C3)CCC[C@]12C. The lowest BCUT2D eigenvalue weighted by Gasteiger charge is -2.59. The fourth-order valence-electron chi connectivity index (χ4n) is 8.86. The molecule has 4 atom stereocenters. The second-order valence-corrected chi connectivity index (χ2v) is 16.7. The first-order valence-electron chi connectivity index (χ1n) is 14.3. The molecule has 0 aromatic rings. The number of rotatable bonds is 4. The van der Waals surface area contributed by atoms with Gasteiger partial charge in [-0.05, 0) is 98.0 Å². The van der Waals surface area contributed by atoms with Crippen LogP contribution in [0.25, 0.3) is 0 Å². The topological polar surface area (TPSA) is 26.3 Å². The van der Waals surface area contributed by atoms with Crippen molar-refractivity contribution in [3.63, 3.8) is 0 Å². The number of hydrogen-bond acceptors (Lipinski definition) is 2. The van der Waals surface area contributed by atoms with E-state index in [1.54, 1.807) is 11.1 Å². The Hall–Kier alpha value is -0.833. The highest BCUT2D eigenvalue weighted by Gasteiger charge is 2.59. The minimum atomic E-state index is -1.41. The molecule has 0 aliphatic heterocycles. The van der Waals surface area contributed by atoms with Crippen molar-refractivity contribution in [2.24, 2.45) is 39.4 Å². The smallest absolute Gasteiger partial charge is 0.296 e. The molecule has 3 saturated carbocycles. The predicted molar refractivity (Wildman–Crippen MR) is 148 cm³/mol. The van der Waals surface area contributed by atoms with Gasteiger partial charge in [0.15, 0.2) is 0 Å². The van der Waals surface area contributed by atoms with Crippen molar-refractivity contribution in [3.8, 4) is 0 Å². The van der Waals surface area contributed by atoms with Gasteiger partial charge in [-0.3, -0.25) is 4.79 Å². The third kappa shape index (κ3) is 4.89. The van der Waals surface area contributed by atoms with Crippen LogP contribution in [0.2, 0.25) is 13.1 Å². The maximum Gasteiger partial charge on any atom is 0.296 e. The summed E-state index contributed by atoms with van der Waals surface area (Å²) in [4.78, 5) is 13.4. The molecule has 0 aromatic carbocycles. The molecule has 0 aromatic heterocycles. The van der Waals surface area contributed by atoms with Crippen LogP contribution in [0.5, 0.6) is 0 Å². The fourth-order valence-corrected chi connectivity index (χ4v) is 9.49. The van der Waals surface area contributed by atoms with Gasteiger partial charge in [-0.25, -0.2) is 0 Å². The van der Waals surface area contributed by atoms with Gasteiger partial charge in [0.2, 0.25) is 9.04 Å². The normalized spacial score (nSPS) is 34.5. The zero-order valence-electron chi connectivity index (χ0n) is 24.1. The van der Waals surface area contributed by atoms with E-state index in [1.807, 2.05) is 0 Å². The highest BCUT2D eigenvalue weighted by Crippen LogP contribution is 2.64. The molecule has 0 bridgehead atoms. The van der Waals surface area contributed by atoms with Crippen molar-refractivity contribution in [3.05, 3.63) is 23.3 Å². The summed E-state index contributed by atoms with van der Waals surface area (Å²) >= 11 is 0. The van der Waals surface area contributed by atoms with Gasteiger partial charge in [0.1, 0.15) is 0 Å². The Labute approximate surface area is 213 Å². The first-order chi connectivity index (χ1) is 15.7.